The normalized spacial score (nSPS) is 17.4. The van der Waals surface area contributed by atoms with E-state index in [-0.39, 0.29) is 17.7 Å². The summed E-state index contributed by atoms with van der Waals surface area (Å²) in [4.78, 5) is 28.3. The van der Waals surface area contributed by atoms with Crippen molar-refractivity contribution in [2.75, 3.05) is 28.6 Å². The van der Waals surface area contributed by atoms with E-state index in [0.717, 1.165) is 36.3 Å². The van der Waals surface area contributed by atoms with Crippen LogP contribution in [0.1, 0.15) is 53.4 Å². The molecule has 0 atom stereocenters. The first kappa shape index (κ1) is 27.3. The van der Waals surface area contributed by atoms with Gasteiger partial charge in [0.25, 0.3) is 0 Å². The van der Waals surface area contributed by atoms with E-state index >= 15 is 0 Å². The maximum atomic E-state index is 14.9. The molecule has 8 nitrogen and oxygen atoms in total. The molecule has 0 unspecified atom stereocenters. The van der Waals surface area contributed by atoms with Crippen LogP contribution in [0.25, 0.3) is 0 Å². The van der Waals surface area contributed by atoms with Gasteiger partial charge in [-0.25, -0.2) is 19.3 Å². The molecule has 3 aromatic rings. The van der Waals surface area contributed by atoms with Crippen molar-refractivity contribution in [2.24, 2.45) is 11.8 Å². The summed E-state index contributed by atoms with van der Waals surface area (Å²) >= 11 is 2.66. The lowest BCUT2D eigenvalue weighted by molar-refractivity contribution is -0.117. The maximum absolute atomic E-state index is 14.9. The van der Waals surface area contributed by atoms with Crippen LogP contribution in [0.5, 0.6) is 0 Å². The molecule has 2 saturated carbocycles. The molecule has 0 bridgehead atoms. The Morgan fingerprint density at radius 3 is 2.38 bits per heavy atom. The molecule has 198 valence electrons. The number of nitrogens with zero attached hydrogens (tertiary/aromatic N) is 5. The van der Waals surface area contributed by atoms with Gasteiger partial charge in [0.05, 0.1) is 13.1 Å². The fraction of sp³-hybridized carbons (Fsp3) is 0.500. The van der Waals surface area contributed by atoms with E-state index in [1.165, 1.54) is 29.6 Å². The van der Waals surface area contributed by atoms with Crippen LogP contribution < -0.4 is 15.5 Å². The molecule has 1 amide bonds. The highest BCUT2D eigenvalue weighted by molar-refractivity contribution is 7.99. The second kappa shape index (κ2) is 12.2. The highest BCUT2D eigenvalue weighted by Crippen LogP contribution is 2.48. The third kappa shape index (κ3) is 6.95. The predicted molar refractivity (Wildman–Crippen MR) is 149 cm³/mol. The molecule has 11 heteroatoms. The molecule has 2 aliphatic carbocycles. The van der Waals surface area contributed by atoms with E-state index in [1.54, 1.807) is 0 Å². The summed E-state index contributed by atoms with van der Waals surface area (Å²) in [6.07, 6.45) is 5.40. The molecule has 0 spiro atoms. The summed E-state index contributed by atoms with van der Waals surface area (Å²) in [5.74, 6) is 1.74. The van der Waals surface area contributed by atoms with Gasteiger partial charge in [0, 0.05) is 34.1 Å². The van der Waals surface area contributed by atoms with Crippen molar-refractivity contribution in [1.82, 2.24) is 19.3 Å². The summed E-state index contributed by atoms with van der Waals surface area (Å²) in [7, 11) is 0. The van der Waals surface area contributed by atoms with E-state index in [1.807, 2.05) is 62.9 Å². The number of alkyl halides is 1. The standard InChI is InChI=1S/C22H22FN7OS2.2C2H6/c23-22(14-3-4-14)10-30(11-22)18-9-17(27-20-24-12-25-33-20)28-21(29-18)32-16-7-5-15(6-8-16)26-19(31)13-1-2-13;2*1-2/h5-9,12-14H,1-4,10-11H2,(H,26,31)(H,24,25,27,28,29);2*1-2H3. The second-order valence-electron chi connectivity index (χ2n) is 8.82. The van der Waals surface area contributed by atoms with Gasteiger partial charge in [-0.1, -0.05) is 27.7 Å². The molecule has 2 aromatic heterocycles. The zero-order valence-corrected chi connectivity index (χ0v) is 23.3. The number of benzene rings is 1. The first-order valence-corrected chi connectivity index (χ1v) is 14.6. The number of halogens is 1. The molecule has 2 N–H and O–H groups in total. The molecular formula is C26H34FN7OS2. The van der Waals surface area contributed by atoms with E-state index in [2.05, 4.69) is 25.0 Å². The van der Waals surface area contributed by atoms with Gasteiger partial charge in [0.2, 0.25) is 11.0 Å². The smallest absolute Gasteiger partial charge is 0.227 e. The number of anilines is 4. The Labute approximate surface area is 226 Å². The van der Waals surface area contributed by atoms with Crippen molar-refractivity contribution in [1.29, 1.82) is 0 Å². The highest BCUT2D eigenvalue weighted by Gasteiger charge is 2.54. The molecule has 3 aliphatic rings. The summed E-state index contributed by atoms with van der Waals surface area (Å²) in [5.41, 5.74) is -0.310. The van der Waals surface area contributed by atoms with Crippen molar-refractivity contribution in [3.63, 3.8) is 0 Å². The number of carbonyl (C=O) groups is 1. The van der Waals surface area contributed by atoms with Crippen molar-refractivity contribution >= 4 is 51.7 Å². The maximum Gasteiger partial charge on any atom is 0.227 e. The zero-order valence-electron chi connectivity index (χ0n) is 21.7. The van der Waals surface area contributed by atoms with Crippen LogP contribution in [-0.2, 0) is 4.79 Å². The van der Waals surface area contributed by atoms with Gasteiger partial charge in [0.15, 0.2) is 5.16 Å². The van der Waals surface area contributed by atoms with Gasteiger partial charge in [-0.15, -0.1) is 0 Å². The lowest BCUT2D eigenvalue weighted by Crippen LogP contribution is -2.60. The van der Waals surface area contributed by atoms with Crippen molar-refractivity contribution in [3.05, 3.63) is 36.7 Å². The largest absolute Gasteiger partial charge is 0.350 e. The van der Waals surface area contributed by atoms with Gasteiger partial charge in [-0.2, -0.15) is 4.37 Å². The Hall–Kier alpha value is -2.79. The van der Waals surface area contributed by atoms with Crippen LogP contribution in [0, 0.1) is 11.8 Å². The van der Waals surface area contributed by atoms with Crippen LogP contribution in [-0.4, -0.2) is 44.0 Å². The first-order valence-electron chi connectivity index (χ1n) is 13.0. The zero-order chi connectivity index (χ0) is 26.4. The van der Waals surface area contributed by atoms with Crippen molar-refractivity contribution in [2.45, 2.75) is 69.1 Å². The fourth-order valence-corrected chi connectivity index (χ4v) is 5.14. The topological polar surface area (TPSA) is 95.9 Å². The third-order valence-electron chi connectivity index (χ3n) is 6.11. The quantitative estimate of drug-likeness (QED) is 0.308. The fourth-order valence-electron chi connectivity index (χ4n) is 3.93. The Kier molecular flexibility index (Phi) is 8.96. The van der Waals surface area contributed by atoms with E-state index in [9.17, 15) is 9.18 Å². The third-order valence-corrected chi connectivity index (χ3v) is 7.56. The first-order chi connectivity index (χ1) is 18.0. The molecule has 3 fully saturated rings. The van der Waals surface area contributed by atoms with Crippen LogP contribution in [0.3, 0.4) is 0 Å². The van der Waals surface area contributed by atoms with Crippen molar-refractivity contribution in [3.8, 4) is 0 Å². The van der Waals surface area contributed by atoms with E-state index in [4.69, 9.17) is 4.98 Å². The molecule has 1 aliphatic heterocycles. The van der Waals surface area contributed by atoms with Crippen molar-refractivity contribution < 1.29 is 9.18 Å². The van der Waals surface area contributed by atoms with Gasteiger partial charge < -0.3 is 15.5 Å². The molecule has 6 rings (SSSR count). The molecular weight excluding hydrogens is 509 g/mol. The average molecular weight is 544 g/mol. The Morgan fingerprint density at radius 1 is 1.08 bits per heavy atom. The van der Waals surface area contributed by atoms with Crippen LogP contribution in [0.4, 0.5) is 26.8 Å². The van der Waals surface area contributed by atoms with E-state index in [0.29, 0.717) is 35.0 Å². The van der Waals surface area contributed by atoms with Crippen LogP contribution in [0.15, 0.2) is 46.7 Å². The average Bonchev–Trinajstić information content (AvgIpc) is 3.84. The number of carbonyl (C=O) groups excluding carboxylic acids is 1. The number of hydrogen-bond donors (Lipinski definition) is 2. The minimum absolute atomic E-state index is 0.0866. The second-order valence-corrected chi connectivity index (χ2v) is 10.6. The lowest BCUT2D eigenvalue weighted by Gasteiger charge is -2.45. The van der Waals surface area contributed by atoms with E-state index < -0.39 is 5.67 Å². The number of aromatic nitrogens is 4. The SMILES string of the molecule is CC.CC.O=C(Nc1ccc(Sc2nc(Nc3ncns3)cc(N3CC(F)(C4CC4)C3)n2)cc1)C1CC1. The number of rotatable bonds is 8. The summed E-state index contributed by atoms with van der Waals surface area (Å²) in [6, 6.07) is 9.47. The molecule has 1 aromatic carbocycles. The summed E-state index contributed by atoms with van der Waals surface area (Å²) in [6.45, 7) is 8.73. The minimum Gasteiger partial charge on any atom is -0.350 e. The van der Waals surface area contributed by atoms with Gasteiger partial charge >= 0.3 is 0 Å². The number of hydrogen-bond acceptors (Lipinski definition) is 9. The van der Waals surface area contributed by atoms with Crippen LogP contribution in [0.2, 0.25) is 0 Å². The summed E-state index contributed by atoms with van der Waals surface area (Å²) in [5, 5.41) is 7.30. The Morgan fingerprint density at radius 2 is 1.78 bits per heavy atom. The van der Waals surface area contributed by atoms with Gasteiger partial charge in [-0.05, 0) is 67.6 Å². The molecule has 1 saturated heterocycles. The monoisotopic (exact) mass is 543 g/mol. The highest BCUT2D eigenvalue weighted by atomic mass is 32.2. The molecule has 0 radical (unpaired) electrons. The minimum atomic E-state index is -1.09. The van der Waals surface area contributed by atoms with Gasteiger partial charge in [0.1, 0.15) is 23.6 Å². The Bertz CT molecular complexity index is 1160. The molecule has 37 heavy (non-hydrogen) atoms. The number of nitrogens with one attached hydrogen (secondary N) is 2. The lowest BCUT2D eigenvalue weighted by atomic mass is 9.91. The number of amides is 1. The molecule has 3 heterocycles. The van der Waals surface area contributed by atoms with Crippen LogP contribution >= 0.6 is 23.3 Å². The van der Waals surface area contributed by atoms with Gasteiger partial charge in [-0.3, -0.25) is 4.79 Å². The predicted octanol–water partition coefficient (Wildman–Crippen LogP) is 6.56. The Balaban J connectivity index is 0.000000765. The summed E-state index contributed by atoms with van der Waals surface area (Å²) < 4.78 is 18.9.